The number of thioether (sulfide) groups is 1. The van der Waals surface area contributed by atoms with Gasteiger partial charge in [-0.2, -0.15) is 0 Å². The molecule has 0 saturated carbocycles. The number of ether oxygens (including phenoxy) is 1. The summed E-state index contributed by atoms with van der Waals surface area (Å²) >= 11 is 1.20. The zero-order valence-electron chi connectivity index (χ0n) is 18.3. The molecule has 174 valence electrons. The predicted molar refractivity (Wildman–Crippen MR) is 131 cm³/mol. The number of carboxylic acids is 1. The fourth-order valence-corrected chi connectivity index (χ4v) is 4.75. The molecule has 0 aromatic heterocycles. The standard InChI is InChI=1S/C26H24N2O5S/c29-24(17-8-2-1-3-9-17)27-16-34-15-23(25(30)31)28-26(32)33-14-22-20-12-6-4-10-18(20)19-11-5-7-13-21(19)22/h1-13,22-23H,14-16H2,(H,27,29)(H,28,32)(H,30,31)/t23-/m0/s1. The SMILES string of the molecule is O=C(N[C@@H](CSCNC(=O)c1ccccc1)C(=O)O)OCC1c2ccccc2-c2ccccc21. The molecule has 8 heteroatoms. The summed E-state index contributed by atoms with van der Waals surface area (Å²) in [6, 6.07) is 23.6. The number of amides is 2. The van der Waals surface area contributed by atoms with Crippen LogP contribution in [0.15, 0.2) is 78.9 Å². The lowest BCUT2D eigenvalue weighted by molar-refractivity contribution is -0.138. The van der Waals surface area contributed by atoms with Gasteiger partial charge in [-0.05, 0) is 34.4 Å². The van der Waals surface area contributed by atoms with Crippen LogP contribution in [0.2, 0.25) is 0 Å². The van der Waals surface area contributed by atoms with Crippen LogP contribution < -0.4 is 10.6 Å². The molecule has 7 nitrogen and oxygen atoms in total. The Morgan fingerprint density at radius 3 is 2.09 bits per heavy atom. The van der Waals surface area contributed by atoms with Gasteiger partial charge in [0.15, 0.2) is 0 Å². The van der Waals surface area contributed by atoms with Crippen LogP contribution in [-0.2, 0) is 9.53 Å². The first-order valence-corrected chi connectivity index (χ1v) is 12.0. The maximum Gasteiger partial charge on any atom is 0.407 e. The summed E-state index contributed by atoms with van der Waals surface area (Å²) in [6.45, 7) is 0.104. The van der Waals surface area contributed by atoms with Crippen molar-refractivity contribution in [2.24, 2.45) is 0 Å². The van der Waals surface area contributed by atoms with Crippen LogP contribution >= 0.6 is 11.8 Å². The number of alkyl carbamates (subject to hydrolysis) is 1. The summed E-state index contributed by atoms with van der Waals surface area (Å²) in [7, 11) is 0. The Balaban J connectivity index is 1.27. The van der Waals surface area contributed by atoms with E-state index < -0.39 is 18.1 Å². The largest absolute Gasteiger partial charge is 0.480 e. The molecular formula is C26H24N2O5S. The lowest BCUT2D eigenvalue weighted by Crippen LogP contribution is -2.43. The van der Waals surface area contributed by atoms with Gasteiger partial charge in [-0.1, -0.05) is 66.7 Å². The Morgan fingerprint density at radius 1 is 0.882 bits per heavy atom. The number of carbonyl (C=O) groups is 3. The molecule has 3 N–H and O–H groups in total. The van der Waals surface area contributed by atoms with Gasteiger partial charge in [0.1, 0.15) is 12.6 Å². The average molecular weight is 477 g/mol. The van der Waals surface area contributed by atoms with Crippen molar-refractivity contribution < 1.29 is 24.2 Å². The highest BCUT2D eigenvalue weighted by Crippen LogP contribution is 2.44. The molecule has 0 fully saturated rings. The highest BCUT2D eigenvalue weighted by Gasteiger charge is 2.29. The molecule has 2 amide bonds. The zero-order chi connectivity index (χ0) is 23.9. The molecule has 0 bridgehead atoms. The topological polar surface area (TPSA) is 105 Å². The fourth-order valence-electron chi connectivity index (χ4n) is 3.94. The second-order valence-electron chi connectivity index (χ2n) is 7.75. The molecule has 1 aliphatic rings. The third kappa shape index (κ3) is 5.40. The molecule has 0 aliphatic heterocycles. The average Bonchev–Trinajstić information content (AvgIpc) is 3.18. The van der Waals surface area contributed by atoms with Gasteiger partial charge in [0.2, 0.25) is 0 Å². The Bertz CT molecular complexity index is 1140. The van der Waals surface area contributed by atoms with Gasteiger partial charge in [-0.3, -0.25) is 4.79 Å². The molecule has 1 atom stereocenters. The van der Waals surface area contributed by atoms with Crippen molar-refractivity contribution in [2.75, 3.05) is 18.2 Å². The summed E-state index contributed by atoms with van der Waals surface area (Å²) in [4.78, 5) is 36.0. The molecule has 0 radical (unpaired) electrons. The van der Waals surface area contributed by atoms with Crippen molar-refractivity contribution in [3.05, 3.63) is 95.6 Å². The molecule has 3 aromatic rings. The van der Waals surface area contributed by atoms with E-state index in [1.807, 2.05) is 54.6 Å². The molecule has 0 unspecified atom stereocenters. The van der Waals surface area contributed by atoms with Crippen LogP contribution in [0.25, 0.3) is 11.1 Å². The van der Waals surface area contributed by atoms with Gasteiger partial charge in [0.05, 0.1) is 5.88 Å². The van der Waals surface area contributed by atoms with Crippen LogP contribution in [0.1, 0.15) is 27.4 Å². The first-order valence-electron chi connectivity index (χ1n) is 10.8. The number of nitrogens with one attached hydrogen (secondary N) is 2. The second kappa shape index (κ2) is 10.9. The molecular weight excluding hydrogens is 452 g/mol. The lowest BCUT2D eigenvalue weighted by Gasteiger charge is -2.17. The van der Waals surface area contributed by atoms with Crippen molar-refractivity contribution in [3.63, 3.8) is 0 Å². The zero-order valence-corrected chi connectivity index (χ0v) is 19.1. The molecule has 1 aliphatic carbocycles. The van der Waals surface area contributed by atoms with E-state index in [9.17, 15) is 19.5 Å². The molecule has 0 heterocycles. The van der Waals surface area contributed by atoms with Gasteiger partial charge in [0, 0.05) is 17.2 Å². The van der Waals surface area contributed by atoms with E-state index in [1.165, 1.54) is 11.8 Å². The van der Waals surface area contributed by atoms with Crippen molar-refractivity contribution >= 4 is 29.7 Å². The number of rotatable bonds is 9. The minimum atomic E-state index is -1.17. The summed E-state index contributed by atoms with van der Waals surface area (Å²) in [5.74, 6) is -1.23. The quantitative estimate of drug-likeness (QED) is 0.317. The third-order valence-electron chi connectivity index (χ3n) is 5.59. The molecule has 3 aromatic carbocycles. The number of carboxylic acid groups (broad SMARTS) is 1. The van der Waals surface area contributed by atoms with Gasteiger partial charge in [-0.15, -0.1) is 11.8 Å². The number of aliphatic carboxylic acids is 1. The Hall–Kier alpha value is -3.78. The monoisotopic (exact) mass is 476 g/mol. The number of carbonyl (C=O) groups excluding carboxylic acids is 2. The van der Waals surface area contributed by atoms with Crippen LogP contribution in [0.4, 0.5) is 4.79 Å². The van der Waals surface area contributed by atoms with Crippen LogP contribution in [-0.4, -0.2) is 47.4 Å². The Morgan fingerprint density at radius 2 is 1.47 bits per heavy atom. The maximum absolute atomic E-state index is 12.4. The third-order valence-corrected chi connectivity index (χ3v) is 6.51. The fraction of sp³-hybridized carbons (Fsp3) is 0.192. The first kappa shape index (κ1) is 23.4. The van der Waals surface area contributed by atoms with Crippen LogP contribution in [0, 0.1) is 0 Å². The minimum Gasteiger partial charge on any atom is -0.480 e. The van der Waals surface area contributed by atoms with Gasteiger partial charge >= 0.3 is 12.1 Å². The van der Waals surface area contributed by atoms with E-state index in [0.717, 1.165) is 22.3 Å². The second-order valence-corrected chi connectivity index (χ2v) is 8.78. The van der Waals surface area contributed by atoms with Crippen molar-refractivity contribution in [1.82, 2.24) is 10.6 Å². The Labute approximate surface area is 201 Å². The summed E-state index contributed by atoms with van der Waals surface area (Å²) in [6.07, 6.45) is -0.789. The van der Waals surface area contributed by atoms with Crippen molar-refractivity contribution in [1.29, 1.82) is 0 Å². The van der Waals surface area contributed by atoms with Crippen LogP contribution in [0.3, 0.4) is 0 Å². The van der Waals surface area contributed by atoms with Gasteiger partial charge in [0.25, 0.3) is 5.91 Å². The normalized spacial score (nSPS) is 12.8. The lowest BCUT2D eigenvalue weighted by atomic mass is 9.98. The van der Waals surface area contributed by atoms with Crippen molar-refractivity contribution in [3.8, 4) is 11.1 Å². The summed E-state index contributed by atoms with van der Waals surface area (Å²) in [5, 5.41) is 14.6. The number of hydrogen-bond acceptors (Lipinski definition) is 5. The molecule has 34 heavy (non-hydrogen) atoms. The number of fused-ring (bicyclic) bond motifs is 3. The number of hydrogen-bond donors (Lipinski definition) is 3. The minimum absolute atomic E-state index is 0.0780. The first-order chi connectivity index (χ1) is 16.5. The number of benzene rings is 3. The highest BCUT2D eigenvalue weighted by molar-refractivity contribution is 7.99. The Kier molecular flexibility index (Phi) is 7.49. The van der Waals surface area contributed by atoms with Gasteiger partial charge < -0.3 is 20.5 Å². The van der Waals surface area contributed by atoms with E-state index in [4.69, 9.17) is 4.74 Å². The van der Waals surface area contributed by atoms with Crippen LogP contribution in [0.5, 0.6) is 0 Å². The van der Waals surface area contributed by atoms with E-state index in [2.05, 4.69) is 10.6 Å². The predicted octanol–water partition coefficient (Wildman–Crippen LogP) is 4.10. The molecule has 4 rings (SSSR count). The van der Waals surface area contributed by atoms with E-state index in [0.29, 0.717) is 5.56 Å². The smallest absolute Gasteiger partial charge is 0.407 e. The van der Waals surface area contributed by atoms with E-state index in [1.54, 1.807) is 24.3 Å². The van der Waals surface area contributed by atoms with Crippen molar-refractivity contribution in [2.45, 2.75) is 12.0 Å². The molecule has 0 spiro atoms. The summed E-state index contributed by atoms with van der Waals surface area (Å²) < 4.78 is 5.43. The molecule has 0 saturated heterocycles. The summed E-state index contributed by atoms with van der Waals surface area (Å²) in [5.41, 5.74) is 4.91. The van der Waals surface area contributed by atoms with E-state index >= 15 is 0 Å². The van der Waals surface area contributed by atoms with Gasteiger partial charge in [-0.25, -0.2) is 9.59 Å². The van der Waals surface area contributed by atoms with E-state index in [-0.39, 0.29) is 30.1 Å². The highest BCUT2D eigenvalue weighted by atomic mass is 32.2. The maximum atomic E-state index is 12.4.